The first-order valence-corrected chi connectivity index (χ1v) is 2.00. The van der Waals surface area contributed by atoms with Crippen LogP contribution in [0.4, 0.5) is 0 Å². The zero-order valence-electron chi connectivity index (χ0n) is 3.85. The Morgan fingerprint density at radius 1 is 1.00 bits per heavy atom. The van der Waals surface area contributed by atoms with Gasteiger partial charge in [-0.05, 0) is 0 Å². The van der Waals surface area contributed by atoms with Crippen molar-refractivity contribution in [3.63, 3.8) is 0 Å². The molecule has 0 fully saturated rings. The predicted octanol–water partition coefficient (Wildman–Crippen LogP) is 1.82. The largest absolute Gasteiger partial charge is 2.00 e. The Hall–Kier alpha value is 0.494. The summed E-state index contributed by atoms with van der Waals surface area (Å²) in [5.74, 6) is 0. The molecule has 0 atom stereocenters. The summed E-state index contributed by atoms with van der Waals surface area (Å²) in [6, 6.07) is 0. The van der Waals surface area contributed by atoms with Gasteiger partial charge in [-0.1, -0.05) is 0 Å². The quantitative estimate of drug-likeness (QED) is 0.394. The SMILES string of the molecule is [CH2-]CCC[CH2-].[Ni+2]. The zero-order valence-corrected chi connectivity index (χ0v) is 4.84. The zero-order chi connectivity index (χ0) is 4.12. The second-order valence-corrected chi connectivity index (χ2v) is 1.06. The van der Waals surface area contributed by atoms with E-state index in [1.807, 2.05) is 0 Å². The first kappa shape index (κ1) is 9.71. The molecule has 0 N–H and O–H groups in total. The molecule has 6 heavy (non-hydrogen) atoms. The van der Waals surface area contributed by atoms with Crippen LogP contribution in [0.15, 0.2) is 0 Å². The van der Waals surface area contributed by atoms with Gasteiger partial charge in [-0.3, -0.25) is 0 Å². The van der Waals surface area contributed by atoms with Crippen LogP contribution in [-0.4, -0.2) is 0 Å². The minimum absolute atomic E-state index is 0. The Morgan fingerprint density at radius 3 is 1.33 bits per heavy atom. The molecule has 0 aliphatic carbocycles. The average Bonchev–Trinajstić information content (AvgIpc) is 1.41. The fourth-order valence-electron chi connectivity index (χ4n) is 0.177. The van der Waals surface area contributed by atoms with Crippen molar-refractivity contribution in [3.05, 3.63) is 13.8 Å². The summed E-state index contributed by atoms with van der Waals surface area (Å²) in [7, 11) is 0. The molecule has 0 heterocycles. The Kier molecular flexibility index (Phi) is 14.7. The van der Waals surface area contributed by atoms with Crippen LogP contribution >= 0.6 is 0 Å². The monoisotopic (exact) mass is 128 g/mol. The molecule has 0 unspecified atom stereocenters. The van der Waals surface area contributed by atoms with Crippen LogP contribution in [0.2, 0.25) is 0 Å². The third kappa shape index (κ3) is 8.82. The Balaban J connectivity index is 0. The average molecular weight is 129 g/mol. The molecule has 40 valence electrons. The van der Waals surface area contributed by atoms with E-state index < -0.39 is 0 Å². The summed E-state index contributed by atoms with van der Waals surface area (Å²) in [5.41, 5.74) is 0. The van der Waals surface area contributed by atoms with E-state index in [1.54, 1.807) is 0 Å². The van der Waals surface area contributed by atoms with Crippen LogP contribution in [-0.2, 0) is 16.5 Å². The van der Waals surface area contributed by atoms with Gasteiger partial charge in [0.2, 0.25) is 0 Å². The van der Waals surface area contributed by atoms with E-state index in [-0.39, 0.29) is 16.5 Å². The van der Waals surface area contributed by atoms with Gasteiger partial charge in [0.15, 0.2) is 0 Å². The molecule has 0 radical (unpaired) electrons. The van der Waals surface area contributed by atoms with Gasteiger partial charge in [0.1, 0.15) is 0 Å². The molecule has 0 amide bonds. The second kappa shape index (κ2) is 9.09. The van der Waals surface area contributed by atoms with Crippen LogP contribution in [0, 0.1) is 13.8 Å². The van der Waals surface area contributed by atoms with E-state index in [0.717, 1.165) is 12.8 Å². The number of unbranched alkanes of at least 4 members (excludes halogenated alkanes) is 2. The van der Waals surface area contributed by atoms with Gasteiger partial charge < -0.3 is 13.8 Å². The van der Waals surface area contributed by atoms with E-state index >= 15 is 0 Å². The van der Waals surface area contributed by atoms with Crippen molar-refractivity contribution in [1.82, 2.24) is 0 Å². The van der Waals surface area contributed by atoms with E-state index in [1.165, 1.54) is 6.42 Å². The summed E-state index contributed by atoms with van der Waals surface area (Å²) in [6.45, 7) is 7.27. The topological polar surface area (TPSA) is 0 Å². The molecule has 0 aromatic rings. The van der Waals surface area contributed by atoms with Gasteiger partial charge in [-0.15, -0.1) is 6.42 Å². The van der Waals surface area contributed by atoms with Crippen LogP contribution in [0.3, 0.4) is 0 Å². The smallest absolute Gasteiger partial charge is 0.343 e. The summed E-state index contributed by atoms with van der Waals surface area (Å²) in [6.07, 6.45) is 3.23. The minimum Gasteiger partial charge on any atom is -0.343 e. The maximum absolute atomic E-state index is 3.64. The summed E-state index contributed by atoms with van der Waals surface area (Å²) in [4.78, 5) is 0. The van der Waals surface area contributed by atoms with E-state index in [2.05, 4.69) is 13.8 Å². The van der Waals surface area contributed by atoms with Crippen molar-refractivity contribution in [3.8, 4) is 0 Å². The molecule has 1 heteroatoms. The molecule has 0 spiro atoms. The molecule has 0 aromatic heterocycles. The summed E-state index contributed by atoms with van der Waals surface area (Å²) >= 11 is 0. The molecule has 0 aliphatic heterocycles. The van der Waals surface area contributed by atoms with Crippen molar-refractivity contribution in [2.24, 2.45) is 0 Å². The van der Waals surface area contributed by atoms with Crippen molar-refractivity contribution < 1.29 is 16.5 Å². The third-order valence-corrected chi connectivity index (χ3v) is 0.500. The molecule has 0 rings (SSSR count). The minimum atomic E-state index is 0. The molecule has 0 nitrogen and oxygen atoms in total. The third-order valence-electron chi connectivity index (χ3n) is 0.500. The second-order valence-electron chi connectivity index (χ2n) is 1.06. The van der Waals surface area contributed by atoms with Gasteiger partial charge in [-0.25, -0.2) is 0 Å². The molecular formula is C5H10Ni. The number of hydrogen-bond acceptors (Lipinski definition) is 0. The maximum atomic E-state index is 3.64. The van der Waals surface area contributed by atoms with Crippen LogP contribution < -0.4 is 0 Å². The number of hydrogen-bond donors (Lipinski definition) is 0. The summed E-state index contributed by atoms with van der Waals surface area (Å²) < 4.78 is 0. The maximum Gasteiger partial charge on any atom is 2.00 e. The van der Waals surface area contributed by atoms with Gasteiger partial charge in [0.25, 0.3) is 0 Å². The normalized spacial score (nSPS) is 7.00. The Morgan fingerprint density at radius 2 is 1.33 bits per heavy atom. The molecule has 0 saturated heterocycles. The van der Waals surface area contributed by atoms with Gasteiger partial charge in [0.05, 0.1) is 0 Å². The molecule has 0 aromatic carbocycles. The Bertz CT molecular complexity index is 11.4. The number of rotatable bonds is 2. The van der Waals surface area contributed by atoms with E-state index in [9.17, 15) is 0 Å². The molecule has 0 bridgehead atoms. The van der Waals surface area contributed by atoms with Gasteiger partial charge >= 0.3 is 16.5 Å². The first-order chi connectivity index (χ1) is 2.41. The standard InChI is InChI=1S/C5H10.Ni/c1-3-5-4-2;/h1-5H2;/q-2;+2. The van der Waals surface area contributed by atoms with E-state index in [4.69, 9.17) is 0 Å². The molecule has 0 saturated carbocycles. The van der Waals surface area contributed by atoms with E-state index in [0.29, 0.717) is 0 Å². The Labute approximate surface area is 50.2 Å². The predicted molar refractivity (Wildman–Crippen MR) is 24.6 cm³/mol. The van der Waals surface area contributed by atoms with Gasteiger partial charge in [0, 0.05) is 0 Å². The molecular weight excluding hydrogens is 119 g/mol. The molecule has 0 aliphatic rings. The van der Waals surface area contributed by atoms with Crippen molar-refractivity contribution in [1.29, 1.82) is 0 Å². The van der Waals surface area contributed by atoms with Crippen molar-refractivity contribution in [2.75, 3.05) is 0 Å². The van der Waals surface area contributed by atoms with Crippen molar-refractivity contribution >= 4 is 0 Å². The summed E-state index contributed by atoms with van der Waals surface area (Å²) in [5, 5.41) is 0. The van der Waals surface area contributed by atoms with Crippen LogP contribution in [0.1, 0.15) is 19.3 Å². The first-order valence-electron chi connectivity index (χ1n) is 2.00. The van der Waals surface area contributed by atoms with Gasteiger partial charge in [-0.2, -0.15) is 12.8 Å². The van der Waals surface area contributed by atoms with Crippen LogP contribution in [0.5, 0.6) is 0 Å². The van der Waals surface area contributed by atoms with Crippen LogP contribution in [0.25, 0.3) is 0 Å². The fourth-order valence-corrected chi connectivity index (χ4v) is 0.177. The fraction of sp³-hybridized carbons (Fsp3) is 0.600. The van der Waals surface area contributed by atoms with Crippen molar-refractivity contribution in [2.45, 2.75) is 19.3 Å².